The Kier molecular flexibility index (Phi) is 13.8. The molecule has 1 rings (SSSR count). The molecule has 86 valence electrons. The van der Waals surface area contributed by atoms with E-state index in [-0.39, 0.29) is 44.3 Å². The van der Waals surface area contributed by atoms with E-state index in [1.165, 1.54) is 6.08 Å². The SMILES string of the molecule is CCN(O)C1=CCC(=[N+]=[N-])C=C1Cl.[Cl-].[Cl-].[Zn+2]. The molecule has 8 heteroatoms. The van der Waals surface area contributed by atoms with Crippen LogP contribution < -0.4 is 24.8 Å². The summed E-state index contributed by atoms with van der Waals surface area (Å²) in [6.45, 7) is 2.27. The number of hydrogen-bond acceptors (Lipinski definition) is 2. The van der Waals surface area contributed by atoms with Gasteiger partial charge in [-0.15, -0.1) is 0 Å². The van der Waals surface area contributed by atoms with Crippen molar-refractivity contribution in [1.82, 2.24) is 5.06 Å². The molecule has 0 unspecified atom stereocenters. The van der Waals surface area contributed by atoms with Crippen LogP contribution in [0.4, 0.5) is 0 Å². The third-order valence-corrected chi connectivity index (χ3v) is 2.05. The first kappa shape index (κ1) is 21.4. The Morgan fingerprint density at radius 2 is 2.12 bits per heavy atom. The van der Waals surface area contributed by atoms with Crippen LogP contribution in [0.25, 0.3) is 5.53 Å². The molecule has 0 radical (unpaired) electrons. The second kappa shape index (κ2) is 10.3. The average Bonchev–Trinajstić information content (AvgIpc) is 2.16. The molecule has 16 heavy (non-hydrogen) atoms. The number of likely N-dealkylation sites (N-methyl/N-ethyl adjacent to an activating group) is 1. The van der Waals surface area contributed by atoms with Crippen LogP contribution in [0.5, 0.6) is 0 Å². The molecule has 0 aromatic carbocycles. The molecular weight excluding hydrogens is 326 g/mol. The molecule has 4 nitrogen and oxygen atoms in total. The van der Waals surface area contributed by atoms with Crippen LogP contribution in [0, 0.1) is 0 Å². The molecule has 0 aromatic heterocycles. The fraction of sp³-hybridized carbons (Fsp3) is 0.375. The summed E-state index contributed by atoms with van der Waals surface area (Å²) >= 11 is 5.83. The van der Waals surface area contributed by atoms with E-state index in [1.54, 1.807) is 13.0 Å². The van der Waals surface area contributed by atoms with Gasteiger partial charge in [-0.05, 0) is 13.0 Å². The zero-order chi connectivity index (χ0) is 9.84. The molecule has 0 saturated heterocycles. The smallest absolute Gasteiger partial charge is 1.00 e. The van der Waals surface area contributed by atoms with Crippen LogP contribution in [0.2, 0.25) is 0 Å². The summed E-state index contributed by atoms with van der Waals surface area (Å²) in [4.78, 5) is 3.03. The Morgan fingerprint density at radius 1 is 1.56 bits per heavy atom. The Hall–Kier alpha value is 0.113. The summed E-state index contributed by atoms with van der Waals surface area (Å²) in [5, 5.41) is 10.8. The molecule has 0 saturated carbocycles. The van der Waals surface area contributed by atoms with Crippen molar-refractivity contribution >= 4 is 17.3 Å². The number of rotatable bonds is 2. The molecule has 0 atom stereocenters. The minimum atomic E-state index is 0. The van der Waals surface area contributed by atoms with E-state index in [2.05, 4.69) is 4.79 Å². The van der Waals surface area contributed by atoms with Gasteiger partial charge in [0.2, 0.25) is 0 Å². The average molecular weight is 336 g/mol. The van der Waals surface area contributed by atoms with Crippen molar-refractivity contribution in [2.24, 2.45) is 0 Å². The summed E-state index contributed by atoms with van der Waals surface area (Å²) in [5.41, 5.74) is 9.51. The normalized spacial score (nSPS) is 13.1. The summed E-state index contributed by atoms with van der Waals surface area (Å²) < 4.78 is 0. The topological polar surface area (TPSA) is 59.9 Å². The predicted molar refractivity (Wildman–Crippen MR) is 49.4 cm³/mol. The zero-order valence-corrected chi connectivity index (χ0v) is 13.9. The van der Waals surface area contributed by atoms with E-state index in [9.17, 15) is 5.21 Å². The van der Waals surface area contributed by atoms with Crippen LogP contribution in [0.3, 0.4) is 0 Å². The first-order chi connectivity index (χ1) is 6.19. The van der Waals surface area contributed by atoms with Crippen molar-refractivity contribution < 1.29 is 54.3 Å². The maximum Gasteiger partial charge on any atom is 2.00 e. The minimum Gasteiger partial charge on any atom is -1.00 e. The summed E-state index contributed by atoms with van der Waals surface area (Å²) in [6, 6.07) is 0. The zero-order valence-electron chi connectivity index (χ0n) is 8.70. The monoisotopic (exact) mass is 333 g/mol. The first-order valence-corrected chi connectivity index (χ1v) is 4.32. The van der Waals surface area contributed by atoms with Crippen LogP contribution >= 0.6 is 11.6 Å². The van der Waals surface area contributed by atoms with E-state index in [0.29, 0.717) is 29.4 Å². The van der Waals surface area contributed by atoms with Crippen molar-refractivity contribution in [3.8, 4) is 0 Å². The van der Waals surface area contributed by atoms with Gasteiger partial charge in [0.15, 0.2) is 0 Å². The van der Waals surface area contributed by atoms with Crippen molar-refractivity contribution in [1.29, 1.82) is 0 Å². The van der Waals surface area contributed by atoms with Gasteiger partial charge in [0.1, 0.15) is 0 Å². The molecule has 0 spiro atoms. The Balaban J connectivity index is -0.000000563. The molecular formula is C8H10Cl3N3OZn. The van der Waals surface area contributed by atoms with Gasteiger partial charge in [0, 0.05) is 12.6 Å². The molecule has 0 bridgehead atoms. The summed E-state index contributed by atoms with van der Waals surface area (Å²) in [6.07, 6.45) is 3.70. The Morgan fingerprint density at radius 3 is 2.50 bits per heavy atom. The van der Waals surface area contributed by atoms with Gasteiger partial charge in [0.05, 0.1) is 17.2 Å². The Labute approximate surface area is 124 Å². The van der Waals surface area contributed by atoms with Crippen molar-refractivity contribution in [3.05, 3.63) is 28.4 Å². The van der Waals surface area contributed by atoms with Crippen molar-refractivity contribution in [3.63, 3.8) is 0 Å². The molecule has 0 fully saturated rings. The third-order valence-electron chi connectivity index (χ3n) is 1.75. The molecule has 1 aliphatic rings. The van der Waals surface area contributed by atoms with Gasteiger partial charge in [-0.1, -0.05) is 11.6 Å². The van der Waals surface area contributed by atoms with Gasteiger partial charge >= 0.3 is 19.5 Å². The molecule has 1 aliphatic carbocycles. The number of allylic oxidation sites excluding steroid dienone is 3. The fourth-order valence-electron chi connectivity index (χ4n) is 1.05. The van der Waals surface area contributed by atoms with Crippen LogP contribution in [0.15, 0.2) is 22.9 Å². The van der Waals surface area contributed by atoms with E-state index in [0.717, 1.165) is 5.06 Å². The largest absolute Gasteiger partial charge is 2.00 e. The standard InChI is InChI=1S/C8H10ClN3O.2ClH.Zn/c1-2-12(13)8-4-3-6(11-10)5-7(8)9;;;/h4-5,13H,2-3H2,1H3;2*1H;/q;;;+2/p-2. The van der Waals surface area contributed by atoms with Gasteiger partial charge in [-0.3, -0.25) is 10.3 Å². The van der Waals surface area contributed by atoms with Crippen LogP contribution in [-0.4, -0.2) is 27.3 Å². The maximum atomic E-state index is 9.35. The number of nitrogens with zero attached hydrogens (tertiary/aromatic N) is 3. The second-order valence-electron chi connectivity index (χ2n) is 2.59. The molecule has 0 aromatic rings. The maximum absolute atomic E-state index is 9.35. The number of hydrogen-bond donors (Lipinski definition) is 1. The molecule has 0 heterocycles. The van der Waals surface area contributed by atoms with Gasteiger partial charge in [-0.25, -0.2) is 0 Å². The summed E-state index contributed by atoms with van der Waals surface area (Å²) in [7, 11) is 0. The predicted octanol–water partition coefficient (Wildman–Crippen LogP) is -4.22. The van der Waals surface area contributed by atoms with E-state index < -0.39 is 0 Å². The fourth-order valence-corrected chi connectivity index (χ4v) is 1.35. The first-order valence-electron chi connectivity index (χ1n) is 3.94. The van der Waals surface area contributed by atoms with Gasteiger partial charge in [0.25, 0.3) is 5.71 Å². The quantitative estimate of drug-likeness (QED) is 0.241. The molecule has 1 N–H and O–H groups in total. The Bertz CT molecular complexity index is 326. The van der Waals surface area contributed by atoms with Crippen molar-refractivity contribution in [2.75, 3.05) is 6.54 Å². The number of hydroxylamine groups is 2. The number of halogens is 3. The minimum absolute atomic E-state index is 0. The molecule has 0 aliphatic heterocycles. The molecule has 0 amide bonds. The van der Waals surface area contributed by atoms with Crippen LogP contribution in [0.1, 0.15) is 13.3 Å². The van der Waals surface area contributed by atoms with E-state index in [1.807, 2.05) is 0 Å². The van der Waals surface area contributed by atoms with E-state index >= 15 is 0 Å². The van der Waals surface area contributed by atoms with Gasteiger partial charge in [-0.2, -0.15) is 4.79 Å². The second-order valence-corrected chi connectivity index (χ2v) is 3.00. The van der Waals surface area contributed by atoms with Gasteiger partial charge < -0.3 is 30.3 Å². The summed E-state index contributed by atoms with van der Waals surface area (Å²) in [5.74, 6) is 0. The van der Waals surface area contributed by atoms with E-state index in [4.69, 9.17) is 17.1 Å². The van der Waals surface area contributed by atoms with Crippen LogP contribution in [-0.2, 0) is 19.5 Å². The third kappa shape index (κ3) is 5.44. The van der Waals surface area contributed by atoms with Crippen molar-refractivity contribution in [2.45, 2.75) is 13.3 Å².